The highest BCUT2D eigenvalue weighted by Gasteiger charge is 2.27. The second kappa shape index (κ2) is 3.29. The first-order chi connectivity index (χ1) is 5.12. The highest BCUT2D eigenvalue weighted by molar-refractivity contribution is 4.86. The fraction of sp³-hybridized carbons (Fsp3) is 0.800. The normalized spacial score (nSPS) is 22.7. The van der Waals surface area contributed by atoms with Crippen LogP contribution in [0.4, 0.5) is 0 Å². The van der Waals surface area contributed by atoms with Gasteiger partial charge in [0.1, 0.15) is 5.60 Å². The molecule has 0 atom stereocenters. The van der Waals surface area contributed by atoms with Crippen molar-refractivity contribution in [1.82, 2.24) is 0 Å². The van der Waals surface area contributed by atoms with Crippen molar-refractivity contribution in [2.24, 2.45) is 0 Å². The van der Waals surface area contributed by atoms with Gasteiger partial charge in [0.15, 0.2) is 0 Å². The highest BCUT2D eigenvalue weighted by atomic mass is 16.5. The molecule has 1 nitrogen and oxygen atoms in total. The predicted molar refractivity (Wildman–Crippen MR) is 47.4 cm³/mol. The summed E-state index contributed by atoms with van der Waals surface area (Å²) in [6, 6.07) is 0. The molecule has 1 rings (SSSR count). The molecule has 0 saturated heterocycles. The molecule has 64 valence electrons. The molecular formula is C10H18O. The van der Waals surface area contributed by atoms with E-state index in [1.165, 1.54) is 32.1 Å². The molecule has 0 aromatic heterocycles. The summed E-state index contributed by atoms with van der Waals surface area (Å²) in [6.07, 6.45) is 6.38. The van der Waals surface area contributed by atoms with E-state index in [0.717, 1.165) is 5.76 Å². The molecule has 0 unspecified atom stereocenters. The van der Waals surface area contributed by atoms with Gasteiger partial charge in [-0.05, 0) is 39.5 Å². The third-order valence-electron chi connectivity index (χ3n) is 2.33. The van der Waals surface area contributed by atoms with Gasteiger partial charge in [0, 0.05) is 0 Å². The van der Waals surface area contributed by atoms with Gasteiger partial charge in [0.2, 0.25) is 0 Å². The van der Waals surface area contributed by atoms with Crippen molar-refractivity contribution in [2.45, 2.75) is 51.6 Å². The molecule has 0 N–H and O–H groups in total. The first kappa shape index (κ1) is 8.63. The van der Waals surface area contributed by atoms with E-state index in [0.29, 0.717) is 0 Å². The minimum Gasteiger partial charge on any atom is -0.493 e. The Morgan fingerprint density at radius 1 is 1.27 bits per heavy atom. The van der Waals surface area contributed by atoms with Crippen LogP contribution in [-0.4, -0.2) is 5.60 Å². The van der Waals surface area contributed by atoms with Gasteiger partial charge < -0.3 is 4.74 Å². The van der Waals surface area contributed by atoms with Crippen molar-refractivity contribution in [1.29, 1.82) is 0 Å². The lowest BCUT2D eigenvalue weighted by Crippen LogP contribution is -2.30. The number of allylic oxidation sites excluding steroid dienone is 1. The molecule has 0 bridgehead atoms. The molecule has 1 heteroatoms. The van der Waals surface area contributed by atoms with Gasteiger partial charge in [0.25, 0.3) is 0 Å². The quantitative estimate of drug-likeness (QED) is 0.555. The lowest BCUT2D eigenvalue weighted by Gasteiger charge is -2.34. The molecule has 1 aliphatic carbocycles. The summed E-state index contributed by atoms with van der Waals surface area (Å²) in [7, 11) is 0. The van der Waals surface area contributed by atoms with Crippen LogP contribution in [0.3, 0.4) is 0 Å². The maximum Gasteiger partial charge on any atom is 0.106 e. The second-order valence-electron chi connectivity index (χ2n) is 3.81. The Labute approximate surface area is 69.4 Å². The Morgan fingerprint density at radius 2 is 1.82 bits per heavy atom. The fourth-order valence-corrected chi connectivity index (χ4v) is 1.82. The maximum atomic E-state index is 5.68. The molecule has 0 spiro atoms. The highest BCUT2D eigenvalue weighted by Crippen LogP contribution is 2.32. The lowest BCUT2D eigenvalue weighted by atomic mass is 9.86. The van der Waals surface area contributed by atoms with Gasteiger partial charge in [-0.15, -0.1) is 0 Å². The van der Waals surface area contributed by atoms with Gasteiger partial charge >= 0.3 is 0 Å². The van der Waals surface area contributed by atoms with E-state index in [4.69, 9.17) is 4.74 Å². The van der Waals surface area contributed by atoms with E-state index < -0.39 is 0 Å². The Balaban J connectivity index is 2.43. The van der Waals surface area contributed by atoms with Crippen LogP contribution in [0.5, 0.6) is 0 Å². The minimum atomic E-state index is 0.101. The summed E-state index contributed by atoms with van der Waals surface area (Å²) in [6.45, 7) is 7.90. The van der Waals surface area contributed by atoms with Crippen molar-refractivity contribution in [3.63, 3.8) is 0 Å². The van der Waals surface area contributed by atoms with Crippen molar-refractivity contribution < 1.29 is 4.74 Å². The van der Waals surface area contributed by atoms with Crippen molar-refractivity contribution in [3.05, 3.63) is 12.3 Å². The number of ether oxygens (including phenoxy) is 1. The topological polar surface area (TPSA) is 9.23 Å². The monoisotopic (exact) mass is 154 g/mol. The standard InChI is InChI=1S/C10H18O/c1-9(2)11-10(3)7-5-4-6-8-10/h1,4-8H2,2-3H3. The summed E-state index contributed by atoms with van der Waals surface area (Å²) in [4.78, 5) is 0. The van der Waals surface area contributed by atoms with E-state index in [9.17, 15) is 0 Å². The van der Waals surface area contributed by atoms with Crippen LogP contribution in [0.25, 0.3) is 0 Å². The Hall–Kier alpha value is -0.460. The van der Waals surface area contributed by atoms with E-state index in [1.54, 1.807) is 0 Å². The third-order valence-corrected chi connectivity index (χ3v) is 2.33. The summed E-state index contributed by atoms with van der Waals surface area (Å²) in [5.74, 6) is 0.856. The van der Waals surface area contributed by atoms with Crippen LogP contribution < -0.4 is 0 Å². The average molecular weight is 154 g/mol. The fourth-order valence-electron chi connectivity index (χ4n) is 1.82. The largest absolute Gasteiger partial charge is 0.493 e. The van der Waals surface area contributed by atoms with Crippen LogP contribution >= 0.6 is 0 Å². The molecule has 0 radical (unpaired) electrons. The average Bonchev–Trinajstić information content (AvgIpc) is 1.85. The number of hydrogen-bond donors (Lipinski definition) is 0. The zero-order chi connectivity index (χ0) is 8.32. The van der Waals surface area contributed by atoms with Crippen LogP contribution in [0, 0.1) is 0 Å². The van der Waals surface area contributed by atoms with E-state index >= 15 is 0 Å². The van der Waals surface area contributed by atoms with Gasteiger partial charge in [-0.2, -0.15) is 0 Å². The zero-order valence-corrected chi connectivity index (χ0v) is 7.65. The van der Waals surface area contributed by atoms with Crippen LogP contribution in [-0.2, 0) is 4.74 Å². The molecule has 0 aromatic rings. The number of rotatable bonds is 2. The van der Waals surface area contributed by atoms with E-state index in [1.807, 2.05) is 6.92 Å². The molecule has 0 aromatic carbocycles. The van der Waals surface area contributed by atoms with Gasteiger partial charge in [-0.3, -0.25) is 0 Å². The van der Waals surface area contributed by atoms with E-state index in [-0.39, 0.29) is 5.60 Å². The van der Waals surface area contributed by atoms with Gasteiger partial charge in [-0.1, -0.05) is 13.0 Å². The molecule has 0 aliphatic heterocycles. The summed E-state index contributed by atoms with van der Waals surface area (Å²) < 4.78 is 5.68. The smallest absolute Gasteiger partial charge is 0.106 e. The van der Waals surface area contributed by atoms with E-state index in [2.05, 4.69) is 13.5 Å². The van der Waals surface area contributed by atoms with Crippen LogP contribution in [0.2, 0.25) is 0 Å². The molecular weight excluding hydrogens is 136 g/mol. The van der Waals surface area contributed by atoms with Crippen LogP contribution in [0.15, 0.2) is 12.3 Å². The molecule has 1 saturated carbocycles. The molecule has 0 amide bonds. The van der Waals surface area contributed by atoms with Crippen molar-refractivity contribution in [2.75, 3.05) is 0 Å². The maximum absolute atomic E-state index is 5.68. The van der Waals surface area contributed by atoms with Gasteiger partial charge in [-0.25, -0.2) is 0 Å². The molecule has 1 aliphatic rings. The summed E-state index contributed by atoms with van der Waals surface area (Å²) in [5.41, 5.74) is 0.101. The Kier molecular flexibility index (Phi) is 2.58. The lowest BCUT2D eigenvalue weighted by molar-refractivity contribution is -0.0109. The molecule has 0 heterocycles. The summed E-state index contributed by atoms with van der Waals surface area (Å²) >= 11 is 0. The summed E-state index contributed by atoms with van der Waals surface area (Å²) in [5, 5.41) is 0. The Bertz CT molecular complexity index is 143. The minimum absolute atomic E-state index is 0.101. The third kappa shape index (κ3) is 2.57. The first-order valence-corrected chi connectivity index (χ1v) is 4.47. The second-order valence-corrected chi connectivity index (χ2v) is 3.81. The Morgan fingerprint density at radius 3 is 2.27 bits per heavy atom. The SMILES string of the molecule is C=C(C)OC1(C)CCCCC1. The zero-order valence-electron chi connectivity index (χ0n) is 7.65. The molecule has 1 fully saturated rings. The predicted octanol–water partition coefficient (Wildman–Crippen LogP) is 3.26. The van der Waals surface area contributed by atoms with Crippen molar-refractivity contribution in [3.8, 4) is 0 Å². The van der Waals surface area contributed by atoms with Crippen LogP contribution in [0.1, 0.15) is 46.0 Å². The first-order valence-electron chi connectivity index (χ1n) is 4.47. The molecule has 11 heavy (non-hydrogen) atoms. The van der Waals surface area contributed by atoms with Gasteiger partial charge in [0.05, 0.1) is 5.76 Å². The number of hydrogen-bond acceptors (Lipinski definition) is 1. The van der Waals surface area contributed by atoms with Crippen molar-refractivity contribution >= 4 is 0 Å².